The van der Waals surface area contributed by atoms with Crippen molar-refractivity contribution in [1.29, 1.82) is 0 Å². The number of nitrogens with one attached hydrogen (secondary N) is 1. The van der Waals surface area contributed by atoms with Crippen molar-refractivity contribution in [1.82, 2.24) is 4.72 Å². The second kappa shape index (κ2) is 5.98. The van der Waals surface area contributed by atoms with Crippen LogP contribution in [0.2, 0.25) is 0 Å². The van der Waals surface area contributed by atoms with Gasteiger partial charge >= 0.3 is 0 Å². The number of benzene rings is 1. The minimum absolute atomic E-state index is 0.317. The first-order valence-electron chi connectivity index (χ1n) is 6.88. The van der Waals surface area contributed by atoms with Crippen LogP contribution in [0.1, 0.15) is 32.6 Å². The molecule has 1 aliphatic carbocycles. The summed E-state index contributed by atoms with van der Waals surface area (Å²) in [6.45, 7) is 1.76. The molecule has 0 amide bonds. The summed E-state index contributed by atoms with van der Waals surface area (Å²) in [5.41, 5.74) is -0.920. The van der Waals surface area contributed by atoms with E-state index >= 15 is 0 Å². The van der Waals surface area contributed by atoms with Crippen molar-refractivity contribution in [3.05, 3.63) is 29.8 Å². The van der Waals surface area contributed by atoms with Gasteiger partial charge in [-0.1, -0.05) is 6.92 Å². The topological polar surface area (TPSA) is 66.4 Å². The number of rotatable bonds is 4. The molecule has 0 unspecified atom stereocenters. The van der Waals surface area contributed by atoms with Crippen LogP contribution < -0.4 is 4.72 Å². The van der Waals surface area contributed by atoms with Crippen LogP contribution in [0.15, 0.2) is 23.1 Å². The maximum Gasteiger partial charge on any atom is 0.241 e. The van der Waals surface area contributed by atoms with Gasteiger partial charge in [-0.3, -0.25) is 0 Å². The summed E-state index contributed by atoms with van der Waals surface area (Å²) in [4.78, 5) is -0.340. The van der Waals surface area contributed by atoms with Crippen molar-refractivity contribution in [3.63, 3.8) is 0 Å². The monoisotopic (exact) mass is 319 g/mol. The summed E-state index contributed by atoms with van der Waals surface area (Å²) >= 11 is 0. The molecule has 1 aromatic carbocycles. The van der Waals surface area contributed by atoms with E-state index < -0.39 is 27.2 Å². The van der Waals surface area contributed by atoms with Crippen molar-refractivity contribution in [2.45, 2.75) is 43.0 Å². The first kappa shape index (κ1) is 16.3. The van der Waals surface area contributed by atoms with Crippen LogP contribution in [0, 0.1) is 17.6 Å². The number of hydrogen-bond donors (Lipinski definition) is 2. The first-order valence-corrected chi connectivity index (χ1v) is 8.36. The second-order valence-electron chi connectivity index (χ2n) is 5.80. The maximum absolute atomic E-state index is 13.2. The molecule has 4 nitrogen and oxygen atoms in total. The fraction of sp³-hybridized carbons (Fsp3) is 0.571. The van der Waals surface area contributed by atoms with Crippen LogP contribution in [0.25, 0.3) is 0 Å². The van der Waals surface area contributed by atoms with Crippen molar-refractivity contribution in [3.8, 4) is 0 Å². The fourth-order valence-corrected chi connectivity index (χ4v) is 4.06. The zero-order valence-corrected chi connectivity index (χ0v) is 12.6. The van der Waals surface area contributed by atoms with Gasteiger partial charge in [0, 0.05) is 0 Å². The Kier molecular flexibility index (Phi) is 4.65. The predicted molar refractivity (Wildman–Crippen MR) is 74.1 cm³/mol. The van der Waals surface area contributed by atoms with E-state index in [4.69, 9.17) is 0 Å². The van der Waals surface area contributed by atoms with Crippen LogP contribution in [0.4, 0.5) is 8.78 Å². The molecule has 118 valence electrons. The summed E-state index contributed by atoms with van der Waals surface area (Å²) in [7, 11) is -4.00. The van der Waals surface area contributed by atoms with Gasteiger partial charge in [-0.05, 0) is 49.8 Å². The number of halogens is 2. The van der Waals surface area contributed by atoms with Crippen LogP contribution in [-0.4, -0.2) is 25.7 Å². The smallest absolute Gasteiger partial charge is 0.241 e. The van der Waals surface area contributed by atoms with Gasteiger partial charge in [0.15, 0.2) is 11.6 Å². The normalized spacial score (nSPS) is 26.8. The molecule has 7 heteroatoms. The van der Waals surface area contributed by atoms with Crippen molar-refractivity contribution < 1.29 is 22.3 Å². The molecule has 0 radical (unpaired) electrons. The summed E-state index contributed by atoms with van der Waals surface area (Å²) in [5, 5.41) is 9.58. The fourth-order valence-electron chi connectivity index (χ4n) is 2.60. The lowest BCUT2D eigenvalue weighted by atomic mass is 9.78. The molecule has 21 heavy (non-hydrogen) atoms. The van der Waals surface area contributed by atoms with E-state index in [1.165, 1.54) is 0 Å². The molecule has 0 heterocycles. The summed E-state index contributed by atoms with van der Waals surface area (Å²) < 4.78 is 53.2. The van der Waals surface area contributed by atoms with Crippen LogP contribution in [0.3, 0.4) is 0 Å². The van der Waals surface area contributed by atoms with Gasteiger partial charge in [0.05, 0.1) is 17.0 Å². The van der Waals surface area contributed by atoms with E-state index in [0.717, 1.165) is 25.0 Å². The molecule has 1 saturated carbocycles. The van der Waals surface area contributed by atoms with Gasteiger partial charge < -0.3 is 5.11 Å². The standard InChI is InChI=1S/C14H19F2NO3S/c1-10-4-6-14(9-18,7-5-10)17-21(19,20)11-2-3-12(15)13(16)8-11/h2-3,8,10,17-18H,4-7,9H2,1H3. The maximum atomic E-state index is 13.2. The molecule has 1 aliphatic rings. The Labute approximate surface area is 123 Å². The molecular weight excluding hydrogens is 300 g/mol. The highest BCUT2D eigenvalue weighted by atomic mass is 32.2. The quantitative estimate of drug-likeness (QED) is 0.894. The van der Waals surface area contributed by atoms with Gasteiger partial charge in [0.2, 0.25) is 10.0 Å². The number of sulfonamides is 1. The molecule has 0 aromatic heterocycles. The van der Waals surface area contributed by atoms with E-state index in [1.807, 2.05) is 0 Å². The predicted octanol–water partition coefficient (Wildman–Crippen LogP) is 2.18. The van der Waals surface area contributed by atoms with Crippen LogP contribution in [-0.2, 0) is 10.0 Å². The van der Waals surface area contributed by atoms with Crippen molar-refractivity contribution in [2.75, 3.05) is 6.61 Å². The van der Waals surface area contributed by atoms with E-state index in [-0.39, 0.29) is 11.5 Å². The Bertz CT molecular complexity index is 611. The molecule has 1 aromatic rings. The summed E-state index contributed by atoms with van der Waals surface area (Å²) in [5.74, 6) is -1.83. The minimum Gasteiger partial charge on any atom is -0.394 e. The number of aliphatic hydroxyl groups excluding tert-OH is 1. The van der Waals surface area contributed by atoms with E-state index in [0.29, 0.717) is 24.8 Å². The Hall–Kier alpha value is -1.05. The largest absolute Gasteiger partial charge is 0.394 e. The third kappa shape index (κ3) is 3.59. The molecule has 2 N–H and O–H groups in total. The van der Waals surface area contributed by atoms with Crippen LogP contribution in [0.5, 0.6) is 0 Å². The highest BCUT2D eigenvalue weighted by Crippen LogP contribution is 2.33. The number of aliphatic hydroxyl groups is 1. The molecule has 1 fully saturated rings. The lowest BCUT2D eigenvalue weighted by molar-refractivity contribution is 0.125. The SMILES string of the molecule is CC1CCC(CO)(NS(=O)(=O)c2ccc(F)c(F)c2)CC1. The Morgan fingerprint density at radius 3 is 2.43 bits per heavy atom. The highest BCUT2D eigenvalue weighted by molar-refractivity contribution is 7.89. The highest BCUT2D eigenvalue weighted by Gasteiger charge is 2.37. The minimum atomic E-state index is -4.00. The van der Waals surface area contributed by atoms with E-state index in [1.54, 1.807) is 0 Å². The van der Waals surface area contributed by atoms with Crippen molar-refractivity contribution >= 4 is 10.0 Å². The summed E-state index contributed by atoms with van der Waals surface area (Å²) in [6.07, 6.45) is 2.66. The van der Waals surface area contributed by atoms with Gasteiger partial charge in [0.1, 0.15) is 0 Å². The molecule has 0 spiro atoms. The molecule has 0 aliphatic heterocycles. The molecule has 0 saturated heterocycles. The number of hydrogen-bond acceptors (Lipinski definition) is 3. The first-order chi connectivity index (χ1) is 9.78. The molecule has 2 rings (SSSR count). The van der Waals surface area contributed by atoms with Crippen LogP contribution >= 0.6 is 0 Å². The Morgan fingerprint density at radius 2 is 1.90 bits per heavy atom. The lowest BCUT2D eigenvalue weighted by Crippen LogP contribution is -2.53. The average Bonchev–Trinajstić information content (AvgIpc) is 2.44. The molecule has 0 bridgehead atoms. The zero-order valence-electron chi connectivity index (χ0n) is 11.8. The second-order valence-corrected chi connectivity index (χ2v) is 7.48. The average molecular weight is 319 g/mol. The Morgan fingerprint density at radius 1 is 1.29 bits per heavy atom. The van der Waals surface area contributed by atoms with Gasteiger partial charge in [-0.15, -0.1) is 0 Å². The molecule has 0 atom stereocenters. The zero-order chi connectivity index (χ0) is 15.7. The summed E-state index contributed by atoms with van der Waals surface area (Å²) in [6, 6.07) is 2.43. The molecular formula is C14H19F2NO3S. The van der Waals surface area contributed by atoms with Gasteiger partial charge in [-0.2, -0.15) is 0 Å². The Balaban J connectivity index is 2.25. The third-order valence-electron chi connectivity index (χ3n) is 4.09. The van der Waals surface area contributed by atoms with E-state index in [9.17, 15) is 22.3 Å². The van der Waals surface area contributed by atoms with Gasteiger partial charge in [0.25, 0.3) is 0 Å². The van der Waals surface area contributed by atoms with E-state index in [2.05, 4.69) is 11.6 Å². The lowest BCUT2D eigenvalue weighted by Gasteiger charge is -2.38. The van der Waals surface area contributed by atoms with Crippen molar-refractivity contribution in [2.24, 2.45) is 5.92 Å². The van der Waals surface area contributed by atoms with Gasteiger partial charge in [-0.25, -0.2) is 21.9 Å². The third-order valence-corrected chi connectivity index (χ3v) is 5.66.